The molecule has 0 aliphatic rings. The molecule has 0 heterocycles. The summed E-state index contributed by atoms with van der Waals surface area (Å²) in [6, 6.07) is 6.33. The molecule has 0 fully saturated rings. The van der Waals surface area contributed by atoms with Gasteiger partial charge in [-0.05, 0) is 30.0 Å². The third-order valence-corrected chi connectivity index (χ3v) is 3.21. The standard InChI is InChI=1S/C12H18BrN/c1-2-3-4-6-10-7-5-8-12(13)11(10)9-14/h5,7-8H,2-4,6,9,14H2,1H3. The topological polar surface area (TPSA) is 26.0 Å². The zero-order valence-corrected chi connectivity index (χ0v) is 10.3. The van der Waals surface area contributed by atoms with Crippen LogP contribution in [0.5, 0.6) is 0 Å². The second-order valence-corrected chi connectivity index (χ2v) is 4.39. The van der Waals surface area contributed by atoms with Crippen LogP contribution in [0.25, 0.3) is 0 Å². The number of nitrogens with two attached hydrogens (primary N) is 1. The summed E-state index contributed by atoms with van der Waals surface area (Å²) in [7, 11) is 0. The van der Waals surface area contributed by atoms with Crippen molar-refractivity contribution in [2.45, 2.75) is 39.2 Å². The van der Waals surface area contributed by atoms with Crippen LogP contribution in [0.15, 0.2) is 22.7 Å². The van der Waals surface area contributed by atoms with Gasteiger partial charge >= 0.3 is 0 Å². The van der Waals surface area contributed by atoms with Crippen molar-refractivity contribution in [2.75, 3.05) is 0 Å². The van der Waals surface area contributed by atoms with E-state index in [2.05, 4.69) is 41.1 Å². The van der Waals surface area contributed by atoms with Crippen molar-refractivity contribution in [1.82, 2.24) is 0 Å². The summed E-state index contributed by atoms with van der Waals surface area (Å²) in [5.74, 6) is 0. The number of benzene rings is 1. The van der Waals surface area contributed by atoms with Crippen molar-refractivity contribution in [3.05, 3.63) is 33.8 Å². The van der Waals surface area contributed by atoms with Crippen LogP contribution in [0.4, 0.5) is 0 Å². The molecule has 1 rings (SSSR count). The molecule has 0 aliphatic heterocycles. The summed E-state index contributed by atoms with van der Waals surface area (Å²) >= 11 is 3.54. The van der Waals surface area contributed by atoms with Gasteiger partial charge in [-0.1, -0.05) is 47.8 Å². The van der Waals surface area contributed by atoms with Gasteiger partial charge in [-0.25, -0.2) is 0 Å². The minimum atomic E-state index is 0.628. The van der Waals surface area contributed by atoms with E-state index >= 15 is 0 Å². The first kappa shape index (κ1) is 11.7. The molecule has 0 atom stereocenters. The Morgan fingerprint density at radius 1 is 1.29 bits per heavy atom. The molecule has 2 heteroatoms. The Kier molecular flexibility index (Phi) is 5.20. The molecule has 0 bridgehead atoms. The fourth-order valence-electron chi connectivity index (χ4n) is 1.63. The number of rotatable bonds is 5. The Labute approximate surface area is 94.8 Å². The van der Waals surface area contributed by atoms with Crippen LogP contribution >= 0.6 is 15.9 Å². The molecule has 1 aromatic carbocycles. The molecular weight excluding hydrogens is 238 g/mol. The van der Waals surface area contributed by atoms with E-state index < -0.39 is 0 Å². The van der Waals surface area contributed by atoms with Gasteiger partial charge in [0.15, 0.2) is 0 Å². The van der Waals surface area contributed by atoms with E-state index in [4.69, 9.17) is 5.73 Å². The summed E-state index contributed by atoms with van der Waals surface area (Å²) < 4.78 is 1.15. The normalized spacial score (nSPS) is 10.5. The zero-order valence-electron chi connectivity index (χ0n) is 8.72. The molecule has 14 heavy (non-hydrogen) atoms. The van der Waals surface area contributed by atoms with Gasteiger partial charge in [0.2, 0.25) is 0 Å². The first-order valence-corrected chi connectivity index (χ1v) is 6.05. The van der Waals surface area contributed by atoms with Gasteiger partial charge in [0, 0.05) is 11.0 Å². The Balaban J connectivity index is 2.70. The summed E-state index contributed by atoms with van der Waals surface area (Å²) in [6.07, 6.45) is 4.99. The van der Waals surface area contributed by atoms with Gasteiger partial charge in [0.05, 0.1) is 0 Å². The highest BCUT2D eigenvalue weighted by Gasteiger charge is 2.03. The molecule has 0 saturated heterocycles. The molecule has 1 aromatic rings. The lowest BCUT2D eigenvalue weighted by Gasteiger charge is -2.09. The lowest BCUT2D eigenvalue weighted by Crippen LogP contribution is -2.02. The third kappa shape index (κ3) is 3.10. The molecular formula is C12H18BrN. The van der Waals surface area contributed by atoms with Crippen molar-refractivity contribution < 1.29 is 0 Å². The minimum absolute atomic E-state index is 0.628. The number of aryl methyl sites for hydroxylation is 1. The fraction of sp³-hybridized carbons (Fsp3) is 0.500. The van der Waals surface area contributed by atoms with E-state index in [9.17, 15) is 0 Å². The lowest BCUT2D eigenvalue weighted by atomic mass is 10.0. The molecule has 0 amide bonds. The first-order chi connectivity index (χ1) is 6.79. The summed E-state index contributed by atoms with van der Waals surface area (Å²) in [4.78, 5) is 0. The van der Waals surface area contributed by atoms with E-state index in [1.54, 1.807) is 0 Å². The highest BCUT2D eigenvalue weighted by Crippen LogP contribution is 2.21. The maximum absolute atomic E-state index is 5.73. The van der Waals surface area contributed by atoms with Gasteiger partial charge in [0.1, 0.15) is 0 Å². The molecule has 0 unspecified atom stereocenters. The maximum Gasteiger partial charge on any atom is 0.0222 e. The van der Waals surface area contributed by atoms with Gasteiger partial charge in [0.25, 0.3) is 0 Å². The summed E-state index contributed by atoms with van der Waals surface area (Å²) in [5.41, 5.74) is 8.39. The van der Waals surface area contributed by atoms with Crippen molar-refractivity contribution in [1.29, 1.82) is 0 Å². The van der Waals surface area contributed by atoms with E-state index in [1.165, 1.54) is 30.4 Å². The maximum atomic E-state index is 5.73. The van der Waals surface area contributed by atoms with Gasteiger partial charge in [-0.2, -0.15) is 0 Å². The van der Waals surface area contributed by atoms with Crippen LogP contribution in [0.1, 0.15) is 37.3 Å². The second-order valence-electron chi connectivity index (χ2n) is 3.54. The number of halogens is 1. The van der Waals surface area contributed by atoms with Crippen molar-refractivity contribution >= 4 is 15.9 Å². The molecule has 1 nitrogen and oxygen atoms in total. The van der Waals surface area contributed by atoms with Crippen LogP contribution in [0.2, 0.25) is 0 Å². The molecule has 0 aliphatic carbocycles. The van der Waals surface area contributed by atoms with Crippen LogP contribution in [0, 0.1) is 0 Å². The van der Waals surface area contributed by atoms with E-state index in [-0.39, 0.29) is 0 Å². The Hall–Kier alpha value is -0.340. The van der Waals surface area contributed by atoms with Crippen LogP contribution in [0.3, 0.4) is 0 Å². The monoisotopic (exact) mass is 255 g/mol. The third-order valence-electron chi connectivity index (χ3n) is 2.47. The molecule has 0 saturated carbocycles. The van der Waals surface area contributed by atoms with Crippen LogP contribution < -0.4 is 5.73 Å². The van der Waals surface area contributed by atoms with Crippen molar-refractivity contribution in [3.8, 4) is 0 Å². The molecule has 78 valence electrons. The van der Waals surface area contributed by atoms with Crippen LogP contribution in [-0.2, 0) is 13.0 Å². The number of hydrogen-bond donors (Lipinski definition) is 1. The zero-order chi connectivity index (χ0) is 10.4. The van der Waals surface area contributed by atoms with Crippen LogP contribution in [-0.4, -0.2) is 0 Å². The van der Waals surface area contributed by atoms with Gasteiger partial charge < -0.3 is 5.73 Å². The Morgan fingerprint density at radius 2 is 2.07 bits per heavy atom. The average molecular weight is 256 g/mol. The summed E-state index contributed by atoms with van der Waals surface area (Å²) in [5, 5.41) is 0. The van der Waals surface area contributed by atoms with Crippen molar-refractivity contribution in [2.24, 2.45) is 5.73 Å². The van der Waals surface area contributed by atoms with Crippen molar-refractivity contribution in [3.63, 3.8) is 0 Å². The predicted molar refractivity (Wildman–Crippen MR) is 65.3 cm³/mol. The molecule has 2 N–H and O–H groups in total. The molecule has 0 aromatic heterocycles. The molecule has 0 spiro atoms. The summed E-state index contributed by atoms with van der Waals surface area (Å²) in [6.45, 7) is 2.85. The van der Waals surface area contributed by atoms with E-state index in [1.807, 2.05) is 0 Å². The minimum Gasteiger partial charge on any atom is -0.326 e. The van der Waals surface area contributed by atoms with Gasteiger partial charge in [-0.3, -0.25) is 0 Å². The predicted octanol–water partition coefficient (Wildman–Crippen LogP) is 3.64. The SMILES string of the molecule is CCCCCc1cccc(Br)c1CN. The molecule has 0 radical (unpaired) electrons. The number of hydrogen-bond acceptors (Lipinski definition) is 1. The number of unbranched alkanes of at least 4 members (excludes halogenated alkanes) is 2. The highest BCUT2D eigenvalue weighted by molar-refractivity contribution is 9.10. The Morgan fingerprint density at radius 3 is 2.71 bits per heavy atom. The highest BCUT2D eigenvalue weighted by atomic mass is 79.9. The smallest absolute Gasteiger partial charge is 0.0222 e. The average Bonchev–Trinajstić information content (AvgIpc) is 2.18. The van der Waals surface area contributed by atoms with Gasteiger partial charge in [-0.15, -0.1) is 0 Å². The largest absolute Gasteiger partial charge is 0.326 e. The lowest BCUT2D eigenvalue weighted by molar-refractivity contribution is 0.712. The first-order valence-electron chi connectivity index (χ1n) is 5.26. The quantitative estimate of drug-likeness (QED) is 0.800. The Bertz CT molecular complexity index is 284. The van der Waals surface area contributed by atoms with E-state index in [0.717, 1.165) is 10.9 Å². The second kappa shape index (κ2) is 6.20. The van der Waals surface area contributed by atoms with E-state index in [0.29, 0.717) is 6.54 Å². The fourth-order valence-corrected chi connectivity index (χ4v) is 2.20.